The first kappa shape index (κ1) is 12.6. The zero-order valence-corrected chi connectivity index (χ0v) is 11.0. The number of thiocarbonyl (C=S) groups is 1. The van der Waals surface area contributed by atoms with Crippen LogP contribution in [0.1, 0.15) is 18.4 Å². The largest absolute Gasteiger partial charge is 0.389 e. The van der Waals surface area contributed by atoms with Crippen molar-refractivity contribution in [2.75, 3.05) is 18.5 Å². The standard InChI is InChI=1S/C12H15ClN2OS/c13-8-1-2-10(12(14)17)11(7-8)15-9-3-5-16-6-4-9/h1-2,7,9,15H,3-6H2,(H2,14,17). The van der Waals surface area contributed by atoms with Crippen LogP contribution in [0.2, 0.25) is 5.02 Å². The van der Waals surface area contributed by atoms with E-state index in [2.05, 4.69) is 5.32 Å². The number of nitrogens with one attached hydrogen (secondary N) is 1. The first-order chi connectivity index (χ1) is 8.16. The van der Waals surface area contributed by atoms with Gasteiger partial charge in [0.2, 0.25) is 0 Å². The Balaban J connectivity index is 2.17. The molecule has 92 valence electrons. The Morgan fingerprint density at radius 1 is 1.41 bits per heavy atom. The van der Waals surface area contributed by atoms with Crippen LogP contribution < -0.4 is 11.1 Å². The predicted octanol–water partition coefficient (Wildman–Crippen LogP) is 2.57. The summed E-state index contributed by atoms with van der Waals surface area (Å²) in [5.41, 5.74) is 7.45. The fourth-order valence-corrected chi connectivity index (χ4v) is 2.26. The highest BCUT2D eigenvalue weighted by atomic mass is 35.5. The fourth-order valence-electron chi connectivity index (χ4n) is 1.91. The Kier molecular flexibility index (Phi) is 4.20. The Morgan fingerprint density at radius 3 is 2.76 bits per heavy atom. The van der Waals surface area contributed by atoms with Gasteiger partial charge in [-0.3, -0.25) is 0 Å². The average molecular weight is 271 g/mol. The summed E-state index contributed by atoms with van der Waals surface area (Å²) in [7, 11) is 0. The van der Waals surface area contributed by atoms with Gasteiger partial charge in [0.05, 0.1) is 0 Å². The Bertz CT molecular complexity index is 419. The molecule has 1 aromatic carbocycles. The van der Waals surface area contributed by atoms with Gasteiger partial charge < -0.3 is 15.8 Å². The summed E-state index contributed by atoms with van der Waals surface area (Å²) in [6, 6.07) is 5.92. The van der Waals surface area contributed by atoms with Crippen LogP contribution in [0, 0.1) is 0 Å². The average Bonchev–Trinajstić information content (AvgIpc) is 2.30. The van der Waals surface area contributed by atoms with E-state index in [1.165, 1.54) is 0 Å². The zero-order chi connectivity index (χ0) is 12.3. The van der Waals surface area contributed by atoms with Crippen LogP contribution in [0.4, 0.5) is 5.69 Å². The van der Waals surface area contributed by atoms with Crippen molar-refractivity contribution in [2.24, 2.45) is 5.73 Å². The Morgan fingerprint density at radius 2 is 2.12 bits per heavy atom. The van der Waals surface area contributed by atoms with Crippen molar-refractivity contribution >= 4 is 34.5 Å². The van der Waals surface area contributed by atoms with Gasteiger partial charge in [0.1, 0.15) is 4.99 Å². The lowest BCUT2D eigenvalue weighted by molar-refractivity contribution is 0.0904. The van der Waals surface area contributed by atoms with E-state index in [1.54, 1.807) is 6.07 Å². The topological polar surface area (TPSA) is 47.3 Å². The number of nitrogens with two attached hydrogens (primary N) is 1. The van der Waals surface area contributed by atoms with Crippen LogP contribution in [0.3, 0.4) is 0 Å². The van der Waals surface area contributed by atoms with Crippen molar-refractivity contribution in [3.63, 3.8) is 0 Å². The first-order valence-corrected chi connectivity index (χ1v) is 6.39. The van der Waals surface area contributed by atoms with Gasteiger partial charge in [0, 0.05) is 35.5 Å². The number of halogens is 1. The Hall–Kier alpha value is -0.840. The summed E-state index contributed by atoms with van der Waals surface area (Å²) in [5, 5.41) is 4.12. The van der Waals surface area contributed by atoms with Crippen molar-refractivity contribution < 1.29 is 4.74 Å². The lowest BCUT2D eigenvalue weighted by atomic mass is 10.1. The van der Waals surface area contributed by atoms with Crippen LogP contribution in [0.15, 0.2) is 18.2 Å². The van der Waals surface area contributed by atoms with Crippen molar-refractivity contribution in [3.8, 4) is 0 Å². The summed E-state index contributed by atoms with van der Waals surface area (Å²) in [6.45, 7) is 1.58. The minimum atomic E-state index is 0.385. The second-order valence-electron chi connectivity index (χ2n) is 4.09. The molecule has 5 heteroatoms. The molecule has 0 unspecified atom stereocenters. The minimum absolute atomic E-state index is 0.385. The molecule has 0 aliphatic carbocycles. The summed E-state index contributed by atoms with van der Waals surface area (Å²) < 4.78 is 5.32. The highest BCUT2D eigenvalue weighted by Crippen LogP contribution is 2.23. The molecule has 1 saturated heterocycles. The second-order valence-corrected chi connectivity index (χ2v) is 4.96. The van der Waals surface area contributed by atoms with Gasteiger partial charge in [0.25, 0.3) is 0 Å². The lowest BCUT2D eigenvalue weighted by Gasteiger charge is -2.25. The maximum absolute atomic E-state index is 5.99. The minimum Gasteiger partial charge on any atom is -0.389 e. The summed E-state index contributed by atoms with van der Waals surface area (Å²) in [6.07, 6.45) is 1.98. The molecule has 1 heterocycles. The molecule has 0 amide bonds. The smallest absolute Gasteiger partial charge is 0.106 e. The normalized spacial score (nSPS) is 16.8. The maximum atomic E-state index is 5.99. The molecule has 1 aliphatic rings. The van der Waals surface area contributed by atoms with E-state index in [4.69, 9.17) is 34.3 Å². The SMILES string of the molecule is NC(=S)c1ccc(Cl)cc1NC1CCOCC1. The molecule has 0 spiro atoms. The maximum Gasteiger partial charge on any atom is 0.106 e. The van der Waals surface area contributed by atoms with Crippen molar-refractivity contribution in [1.29, 1.82) is 0 Å². The van der Waals surface area contributed by atoms with E-state index in [9.17, 15) is 0 Å². The van der Waals surface area contributed by atoms with Crippen molar-refractivity contribution in [1.82, 2.24) is 0 Å². The molecule has 1 aromatic rings. The third-order valence-electron chi connectivity index (χ3n) is 2.83. The number of benzene rings is 1. The summed E-state index contributed by atoms with van der Waals surface area (Å²) in [5.74, 6) is 0. The number of hydrogen-bond donors (Lipinski definition) is 2. The monoisotopic (exact) mass is 270 g/mol. The molecule has 2 rings (SSSR count). The number of hydrogen-bond acceptors (Lipinski definition) is 3. The van der Waals surface area contributed by atoms with Gasteiger partial charge in [-0.1, -0.05) is 23.8 Å². The van der Waals surface area contributed by atoms with E-state index in [1.807, 2.05) is 12.1 Å². The highest BCUT2D eigenvalue weighted by Gasteiger charge is 2.15. The van der Waals surface area contributed by atoms with Crippen LogP contribution in [0.5, 0.6) is 0 Å². The van der Waals surface area contributed by atoms with Gasteiger partial charge in [-0.2, -0.15) is 0 Å². The quantitative estimate of drug-likeness (QED) is 0.829. The number of ether oxygens (including phenoxy) is 1. The van der Waals surface area contributed by atoms with E-state index < -0.39 is 0 Å². The van der Waals surface area contributed by atoms with Gasteiger partial charge in [-0.05, 0) is 31.0 Å². The third-order valence-corrected chi connectivity index (χ3v) is 3.28. The third kappa shape index (κ3) is 3.31. The van der Waals surface area contributed by atoms with E-state index in [-0.39, 0.29) is 0 Å². The molecule has 1 aliphatic heterocycles. The van der Waals surface area contributed by atoms with Crippen LogP contribution in [-0.4, -0.2) is 24.2 Å². The molecule has 0 bridgehead atoms. The number of anilines is 1. The van der Waals surface area contributed by atoms with Gasteiger partial charge in [-0.25, -0.2) is 0 Å². The van der Waals surface area contributed by atoms with E-state index in [0.717, 1.165) is 37.3 Å². The summed E-state index contributed by atoms with van der Waals surface area (Å²) in [4.78, 5) is 0.385. The first-order valence-electron chi connectivity index (χ1n) is 5.60. The van der Waals surface area contributed by atoms with Gasteiger partial charge in [0.15, 0.2) is 0 Å². The predicted molar refractivity (Wildman–Crippen MR) is 74.8 cm³/mol. The van der Waals surface area contributed by atoms with Crippen LogP contribution in [-0.2, 0) is 4.74 Å². The molecule has 17 heavy (non-hydrogen) atoms. The molecule has 0 radical (unpaired) electrons. The van der Waals surface area contributed by atoms with Crippen molar-refractivity contribution in [3.05, 3.63) is 28.8 Å². The molecule has 0 saturated carbocycles. The molecule has 0 aromatic heterocycles. The van der Waals surface area contributed by atoms with Crippen molar-refractivity contribution in [2.45, 2.75) is 18.9 Å². The van der Waals surface area contributed by atoms with Crippen LogP contribution >= 0.6 is 23.8 Å². The second kappa shape index (κ2) is 5.67. The lowest BCUT2D eigenvalue weighted by Crippen LogP contribution is -2.29. The molecular weight excluding hydrogens is 256 g/mol. The fraction of sp³-hybridized carbons (Fsp3) is 0.417. The number of rotatable bonds is 3. The molecule has 3 nitrogen and oxygen atoms in total. The van der Waals surface area contributed by atoms with Gasteiger partial charge in [-0.15, -0.1) is 0 Å². The van der Waals surface area contributed by atoms with E-state index in [0.29, 0.717) is 16.1 Å². The zero-order valence-electron chi connectivity index (χ0n) is 9.41. The molecule has 1 fully saturated rings. The Labute approximate surface area is 111 Å². The van der Waals surface area contributed by atoms with Crippen LogP contribution in [0.25, 0.3) is 0 Å². The van der Waals surface area contributed by atoms with Gasteiger partial charge >= 0.3 is 0 Å². The molecule has 3 N–H and O–H groups in total. The van der Waals surface area contributed by atoms with E-state index >= 15 is 0 Å². The molecular formula is C12H15ClN2OS. The highest BCUT2D eigenvalue weighted by molar-refractivity contribution is 7.80. The molecule has 0 atom stereocenters. The summed E-state index contributed by atoms with van der Waals surface area (Å²) >= 11 is 11.0.